The second-order valence-electron chi connectivity index (χ2n) is 18.8. The van der Waals surface area contributed by atoms with Gasteiger partial charge in [0.05, 0.1) is 28.1 Å². The summed E-state index contributed by atoms with van der Waals surface area (Å²) in [7, 11) is 0. The molecule has 0 aliphatic rings. The molecule has 0 saturated carbocycles. The second-order valence-corrected chi connectivity index (χ2v) is 20.5. The lowest BCUT2D eigenvalue weighted by Gasteiger charge is -2.28. The van der Waals surface area contributed by atoms with E-state index in [1.165, 1.54) is 44.1 Å². The van der Waals surface area contributed by atoms with E-state index in [0.29, 0.717) is 0 Å². The van der Waals surface area contributed by atoms with Gasteiger partial charge in [0.15, 0.2) is 0 Å². The van der Waals surface area contributed by atoms with Crippen molar-refractivity contribution in [3.05, 3.63) is 128 Å². The van der Waals surface area contributed by atoms with Gasteiger partial charge in [-0.05, 0) is 136 Å². The van der Waals surface area contributed by atoms with Gasteiger partial charge in [-0.1, -0.05) is 113 Å². The lowest BCUT2D eigenvalue weighted by Crippen LogP contribution is -2.14. The molecule has 0 saturated heterocycles. The van der Waals surface area contributed by atoms with Gasteiger partial charge >= 0.3 is 0 Å². The van der Waals surface area contributed by atoms with Crippen molar-refractivity contribution in [3.8, 4) is 5.69 Å². The van der Waals surface area contributed by atoms with Crippen LogP contribution in [0.2, 0.25) is 0 Å². The molecule has 0 bridgehead atoms. The fraction of sp³-hybridized carbons (Fsp3) is 0.333. The average Bonchev–Trinajstić information content (AvgIpc) is 3.63. The maximum Gasteiger partial charge on any atom is 0.136 e. The Labute approximate surface area is 332 Å². The van der Waals surface area contributed by atoms with Crippen LogP contribution in [0.15, 0.2) is 111 Å². The van der Waals surface area contributed by atoms with Crippen molar-refractivity contribution in [2.45, 2.75) is 105 Å². The van der Waals surface area contributed by atoms with Gasteiger partial charge in [-0.2, -0.15) is 0 Å². The molecule has 0 amide bonds. The van der Waals surface area contributed by atoms with E-state index in [1.54, 1.807) is 0 Å². The monoisotopic (exact) mass is 830 g/mol. The van der Waals surface area contributed by atoms with Gasteiger partial charge in [-0.15, -0.1) is 0 Å². The van der Waals surface area contributed by atoms with Gasteiger partial charge in [0.2, 0.25) is 0 Å². The van der Waals surface area contributed by atoms with E-state index in [4.69, 9.17) is 4.42 Å². The quantitative estimate of drug-likeness (QED) is 0.176. The van der Waals surface area contributed by atoms with Gasteiger partial charge < -0.3 is 13.9 Å². The van der Waals surface area contributed by atoms with E-state index >= 15 is 0 Å². The Morgan fingerprint density at radius 3 is 1.42 bits per heavy atom. The first kappa shape index (κ1) is 37.5. The molecule has 0 unspecified atom stereocenters. The summed E-state index contributed by atoms with van der Waals surface area (Å²) >= 11 is 8.07. The molecule has 274 valence electrons. The first-order valence-electron chi connectivity index (χ1n) is 18.6. The molecule has 0 N–H and O–H groups in total. The SMILES string of the molecule is CC(C)(C)c1ccc(N(c2cc(-n3c4ccc(C(C)(C)C)cc4c4cc(C(C)(C)C)ccc43)c(Br)cc2Br)c2coc3ccc(C(C)(C)C)cc23)cc1. The molecule has 5 heteroatoms. The lowest BCUT2D eigenvalue weighted by molar-refractivity contribution is 0.589. The minimum absolute atomic E-state index is 0.0104. The molecule has 5 aromatic carbocycles. The number of hydrogen-bond acceptors (Lipinski definition) is 2. The minimum Gasteiger partial charge on any atom is -0.462 e. The number of aromatic nitrogens is 1. The Kier molecular flexibility index (Phi) is 9.14. The molecule has 0 aliphatic heterocycles. The summed E-state index contributed by atoms with van der Waals surface area (Å²) in [5, 5.41) is 3.61. The maximum atomic E-state index is 6.31. The molecule has 7 rings (SSSR count). The number of anilines is 3. The molecule has 0 aliphatic carbocycles. The van der Waals surface area contributed by atoms with E-state index in [1.807, 2.05) is 6.26 Å². The van der Waals surface area contributed by atoms with Crippen LogP contribution in [-0.4, -0.2) is 4.57 Å². The Bertz CT molecular complexity index is 2430. The Hall–Kier alpha value is -3.80. The first-order valence-corrected chi connectivity index (χ1v) is 20.2. The number of nitrogens with zero attached hydrogens (tertiary/aromatic N) is 2. The summed E-state index contributed by atoms with van der Waals surface area (Å²) in [6.07, 6.45) is 1.91. The van der Waals surface area contributed by atoms with Gasteiger partial charge in [-0.3, -0.25) is 0 Å². The third-order valence-corrected chi connectivity index (χ3v) is 11.9. The van der Waals surface area contributed by atoms with Crippen LogP contribution in [0, 0.1) is 0 Å². The summed E-state index contributed by atoms with van der Waals surface area (Å²) in [4.78, 5) is 2.34. The van der Waals surface area contributed by atoms with Crippen molar-refractivity contribution in [1.29, 1.82) is 0 Å². The van der Waals surface area contributed by atoms with Gasteiger partial charge in [-0.25, -0.2) is 0 Å². The summed E-state index contributed by atoms with van der Waals surface area (Å²) in [5.74, 6) is 0. The summed E-state index contributed by atoms with van der Waals surface area (Å²) in [6, 6.07) is 34.1. The molecule has 0 spiro atoms. The smallest absolute Gasteiger partial charge is 0.136 e. The number of furan rings is 1. The predicted molar refractivity (Wildman–Crippen MR) is 235 cm³/mol. The highest BCUT2D eigenvalue weighted by Crippen LogP contribution is 2.47. The van der Waals surface area contributed by atoms with Crippen LogP contribution < -0.4 is 4.90 Å². The molecular formula is C48H52Br2N2O. The van der Waals surface area contributed by atoms with Crippen molar-refractivity contribution in [3.63, 3.8) is 0 Å². The van der Waals surface area contributed by atoms with Crippen molar-refractivity contribution in [2.75, 3.05) is 4.90 Å². The molecule has 0 fully saturated rings. The molecular weight excluding hydrogens is 780 g/mol. The zero-order valence-electron chi connectivity index (χ0n) is 33.3. The van der Waals surface area contributed by atoms with Crippen molar-refractivity contribution in [1.82, 2.24) is 4.57 Å². The zero-order chi connectivity index (χ0) is 38.4. The Balaban J connectivity index is 1.53. The highest BCUT2D eigenvalue weighted by atomic mass is 79.9. The standard InChI is InChI=1S/C48H52Br2N2O/c1-45(2,3)29-13-18-33(19-14-29)51(43-28-53-44-22-17-32(25-36(43)44)48(10,11)12)41-27-42(38(50)26-37(41)49)52-39-20-15-30(46(4,5)6)23-34(39)35-24-31(47(7,8)9)16-21-40(35)52/h13-28H,1-12H3. The Morgan fingerprint density at radius 2 is 0.925 bits per heavy atom. The highest BCUT2D eigenvalue weighted by molar-refractivity contribution is 9.11. The van der Waals surface area contributed by atoms with Crippen LogP contribution >= 0.6 is 31.9 Å². The van der Waals surface area contributed by atoms with Gasteiger partial charge in [0, 0.05) is 30.8 Å². The van der Waals surface area contributed by atoms with Gasteiger partial charge in [0.1, 0.15) is 11.8 Å². The maximum absolute atomic E-state index is 6.31. The fourth-order valence-corrected chi connectivity index (χ4v) is 8.61. The van der Waals surface area contributed by atoms with Crippen molar-refractivity contribution >= 4 is 81.7 Å². The van der Waals surface area contributed by atoms with Crippen LogP contribution in [0.3, 0.4) is 0 Å². The number of rotatable bonds is 4. The molecule has 53 heavy (non-hydrogen) atoms. The largest absolute Gasteiger partial charge is 0.462 e. The number of fused-ring (bicyclic) bond motifs is 4. The molecule has 3 nitrogen and oxygen atoms in total. The number of benzene rings is 5. The van der Waals surface area contributed by atoms with Crippen LogP contribution in [0.5, 0.6) is 0 Å². The Morgan fingerprint density at radius 1 is 0.472 bits per heavy atom. The average molecular weight is 833 g/mol. The number of hydrogen-bond donors (Lipinski definition) is 0. The van der Waals surface area contributed by atoms with Gasteiger partial charge in [0.25, 0.3) is 0 Å². The first-order chi connectivity index (χ1) is 24.6. The molecule has 0 atom stereocenters. The van der Waals surface area contributed by atoms with Crippen LogP contribution in [0.1, 0.15) is 105 Å². The number of halogens is 2. The minimum atomic E-state index is -0.0104. The molecule has 0 radical (unpaired) electrons. The van der Waals surface area contributed by atoms with E-state index < -0.39 is 0 Å². The predicted octanol–water partition coefficient (Wildman–Crippen LogP) is 15.7. The van der Waals surface area contributed by atoms with Crippen molar-refractivity contribution < 1.29 is 4.42 Å². The zero-order valence-corrected chi connectivity index (χ0v) is 36.5. The van der Waals surface area contributed by atoms with Crippen LogP contribution in [0.25, 0.3) is 38.5 Å². The molecule has 2 heterocycles. The fourth-order valence-electron chi connectivity index (χ4n) is 7.26. The third-order valence-electron chi connectivity index (χ3n) is 10.6. The van der Waals surface area contributed by atoms with E-state index in [-0.39, 0.29) is 21.7 Å². The normalized spacial score (nSPS) is 13.1. The second kappa shape index (κ2) is 12.9. The topological polar surface area (TPSA) is 21.3 Å². The van der Waals surface area contributed by atoms with E-state index in [0.717, 1.165) is 42.7 Å². The van der Waals surface area contributed by atoms with Crippen LogP contribution in [-0.2, 0) is 21.7 Å². The summed E-state index contributed by atoms with van der Waals surface area (Å²) in [5.41, 5.74) is 12.6. The molecule has 7 aromatic rings. The highest BCUT2D eigenvalue weighted by Gasteiger charge is 2.26. The van der Waals surface area contributed by atoms with E-state index in [9.17, 15) is 0 Å². The van der Waals surface area contributed by atoms with Crippen LogP contribution in [0.4, 0.5) is 17.1 Å². The summed E-state index contributed by atoms with van der Waals surface area (Å²) in [6.45, 7) is 27.3. The lowest BCUT2D eigenvalue weighted by atomic mass is 9.85. The third kappa shape index (κ3) is 6.89. The molecule has 2 aromatic heterocycles. The van der Waals surface area contributed by atoms with E-state index in [2.05, 4.69) is 215 Å². The van der Waals surface area contributed by atoms with Crippen molar-refractivity contribution in [2.24, 2.45) is 0 Å². The summed E-state index contributed by atoms with van der Waals surface area (Å²) < 4.78 is 10.7.